The van der Waals surface area contributed by atoms with Crippen LogP contribution in [0.5, 0.6) is 0 Å². The van der Waals surface area contributed by atoms with Crippen molar-refractivity contribution in [3.8, 4) is 6.07 Å². The summed E-state index contributed by atoms with van der Waals surface area (Å²) in [6.45, 7) is 8.40. The largest absolute Gasteiger partial charge is 0.198 e. The Kier molecular flexibility index (Phi) is 4.25. The molecule has 2 aromatic rings. The minimum absolute atomic E-state index is 0.0710. The highest BCUT2D eigenvalue weighted by molar-refractivity contribution is 5.43. The van der Waals surface area contributed by atoms with Crippen molar-refractivity contribution in [2.75, 3.05) is 0 Å². The molecule has 2 rings (SSSR count). The third-order valence-electron chi connectivity index (χ3n) is 3.80. The van der Waals surface area contributed by atoms with Crippen LogP contribution < -0.4 is 0 Å². The van der Waals surface area contributed by atoms with Crippen molar-refractivity contribution < 1.29 is 0 Å². The lowest BCUT2D eigenvalue weighted by molar-refractivity contribution is 0.832. The molecule has 0 aliphatic heterocycles. The molecule has 0 fully saturated rings. The topological polar surface area (TPSA) is 23.8 Å². The first kappa shape index (κ1) is 14.3. The lowest BCUT2D eigenvalue weighted by Gasteiger charge is -2.16. The Hall–Kier alpha value is -2.07. The van der Waals surface area contributed by atoms with Gasteiger partial charge in [0.05, 0.1) is 12.0 Å². The summed E-state index contributed by atoms with van der Waals surface area (Å²) in [6, 6.07) is 15.3. The monoisotopic (exact) mass is 263 g/mol. The molecule has 0 bridgehead atoms. The van der Waals surface area contributed by atoms with Crippen LogP contribution >= 0.6 is 0 Å². The summed E-state index contributed by atoms with van der Waals surface area (Å²) in [7, 11) is 0. The van der Waals surface area contributed by atoms with E-state index in [-0.39, 0.29) is 5.92 Å². The van der Waals surface area contributed by atoms with Crippen LogP contribution in [0, 0.1) is 39.0 Å². The van der Waals surface area contributed by atoms with Gasteiger partial charge in [0.2, 0.25) is 0 Å². The molecule has 1 unspecified atom stereocenters. The molecule has 102 valence electrons. The Balaban J connectivity index is 2.34. The highest BCUT2D eigenvalue weighted by atomic mass is 14.3. The Labute approximate surface area is 121 Å². The van der Waals surface area contributed by atoms with Gasteiger partial charge in [-0.15, -0.1) is 0 Å². The van der Waals surface area contributed by atoms with E-state index in [1.807, 2.05) is 0 Å². The Morgan fingerprint density at radius 2 is 1.45 bits per heavy atom. The summed E-state index contributed by atoms with van der Waals surface area (Å²) in [5.41, 5.74) is 7.38. The third-order valence-corrected chi connectivity index (χ3v) is 3.80. The van der Waals surface area contributed by atoms with Gasteiger partial charge in [0.25, 0.3) is 0 Å². The summed E-state index contributed by atoms with van der Waals surface area (Å²) in [4.78, 5) is 0. The Morgan fingerprint density at radius 3 is 1.95 bits per heavy atom. The van der Waals surface area contributed by atoms with Gasteiger partial charge in [-0.2, -0.15) is 5.26 Å². The maximum atomic E-state index is 9.56. The van der Waals surface area contributed by atoms with Crippen LogP contribution in [-0.2, 0) is 6.42 Å². The normalized spacial score (nSPS) is 11.9. The van der Waals surface area contributed by atoms with Crippen LogP contribution in [0.25, 0.3) is 0 Å². The molecule has 20 heavy (non-hydrogen) atoms. The number of hydrogen-bond donors (Lipinski definition) is 0. The molecule has 0 saturated heterocycles. The zero-order valence-corrected chi connectivity index (χ0v) is 12.7. The zero-order chi connectivity index (χ0) is 14.7. The molecule has 0 aromatic heterocycles. The molecule has 1 atom stereocenters. The third kappa shape index (κ3) is 3.08. The van der Waals surface area contributed by atoms with Gasteiger partial charge >= 0.3 is 0 Å². The van der Waals surface area contributed by atoms with Crippen LogP contribution in [0.3, 0.4) is 0 Å². The maximum absolute atomic E-state index is 9.56. The van der Waals surface area contributed by atoms with Crippen LogP contribution in [0.4, 0.5) is 0 Å². The quantitative estimate of drug-likeness (QED) is 0.782. The van der Waals surface area contributed by atoms with E-state index in [1.54, 1.807) is 0 Å². The standard InChI is InChI=1S/C19H21N/c1-13-5-7-17(8-6-13)11-18(12-20)19-15(3)9-14(2)10-16(19)4/h5-10,18H,11H2,1-4H3. The van der Waals surface area contributed by atoms with Crippen molar-refractivity contribution in [3.63, 3.8) is 0 Å². The van der Waals surface area contributed by atoms with Gasteiger partial charge in [-0.05, 0) is 56.4 Å². The smallest absolute Gasteiger partial charge is 0.0758 e. The van der Waals surface area contributed by atoms with Crippen molar-refractivity contribution in [1.29, 1.82) is 5.26 Å². The highest BCUT2D eigenvalue weighted by Crippen LogP contribution is 2.27. The first-order valence-corrected chi connectivity index (χ1v) is 7.04. The van der Waals surface area contributed by atoms with Gasteiger partial charge in [-0.1, -0.05) is 47.5 Å². The molecule has 0 heterocycles. The molecular weight excluding hydrogens is 242 g/mol. The first-order valence-electron chi connectivity index (χ1n) is 7.04. The van der Waals surface area contributed by atoms with Gasteiger partial charge < -0.3 is 0 Å². The van der Waals surface area contributed by atoms with Crippen molar-refractivity contribution in [2.45, 2.75) is 40.0 Å². The number of nitrogens with zero attached hydrogens (tertiary/aromatic N) is 1. The second-order valence-electron chi connectivity index (χ2n) is 5.68. The van der Waals surface area contributed by atoms with E-state index in [0.717, 1.165) is 6.42 Å². The number of aryl methyl sites for hydroxylation is 4. The summed E-state index contributed by atoms with van der Waals surface area (Å²) in [5, 5.41) is 9.56. The lowest BCUT2D eigenvalue weighted by Crippen LogP contribution is -2.05. The van der Waals surface area contributed by atoms with E-state index >= 15 is 0 Å². The van der Waals surface area contributed by atoms with Crippen molar-refractivity contribution in [3.05, 3.63) is 69.8 Å². The zero-order valence-electron chi connectivity index (χ0n) is 12.7. The molecule has 0 spiro atoms. The minimum atomic E-state index is -0.0710. The second-order valence-corrected chi connectivity index (χ2v) is 5.68. The van der Waals surface area contributed by atoms with E-state index in [0.29, 0.717) is 0 Å². The predicted octanol–water partition coefficient (Wildman–Crippen LogP) is 4.77. The molecule has 0 amide bonds. The summed E-state index contributed by atoms with van der Waals surface area (Å²) in [5.74, 6) is -0.0710. The van der Waals surface area contributed by atoms with Crippen molar-refractivity contribution in [1.82, 2.24) is 0 Å². The molecule has 0 saturated carbocycles. The predicted molar refractivity (Wildman–Crippen MR) is 83.9 cm³/mol. The second kappa shape index (κ2) is 5.92. The van der Waals surface area contributed by atoms with Gasteiger partial charge in [0.15, 0.2) is 0 Å². The van der Waals surface area contributed by atoms with Gasteiger partial charge in [-0.25, -0.2) is 0 Å². The van der Waals surface area contributed by atoms with E-state index in [4.69, 9.17) is 0 Å². The summed E-state index contributed by atoms with van der Waals surface area (Å²) in [6.07, 6.45) is 0.779. The fourth-order valence-electron chi connectivity index (χ4n) is 2.91. The summed E-state index contributed by atoms with van der Waals surface area (Å²) < 4.78 is 0. The molecule has 1 nitrogen and oxygen atoms in total. The Bertz CT molecular complexity index is 621. The number of benzene rings is 2. The molecule has 0 N–H and O–H groups in total. The van der Waals surface area contributed by atoms with Gasteiger partial charge in [0.1, 0.15) is 0 Å². The molecular formula is C19H21N. The van der Waals surface area contributed by atoms with Crippen LogP contribution in [0.1, 0.15) is 39.3 Å². The fraction of sp³-hybridized carbons (Fsp3) is 0.316. The molecule has 0 aliphatic rings. The van der Waals surface area contributed by atoms with E-state index < -0.39 is 0 Å². The van der Waals surface area contributed by atoms with Crippen LogP contribution in [0.2, 0.25) is 0 Å². The summed E-state index contributed by atoms with van der Waals surface area (Å²) >= 11 is 0. The van der Waals surface area contributed by atoms with E-state index in [1.165, 1.54) is 33.4 Å². The van der Waals surface area contributed by atoms with Crippen molar-refractivity contribution >= 4 is 0 Å². The first-order chi connectivity index (χ1) is 9.51. The average Bonchev–Trinajstić information content (AvgIpc) is 2.38. The van der Waals surface area contributed by atoms with Gasteiger partial charge in [-0.3, -0.25) is 0 Å². The number of hydrogen-bond acceptors (Lipinski definition) is 1. The van der Waals surface area contributed by atoms with Crippen LogP contribution in [-0.4, -0.2) is 0 Å². The maximum Gasteiger partial charge on any atom is 0.0758 e. The van der Waals surface area contributed by atoms with Crippen LogP contribution in [0.15, 0.2) is 36.4 Å². The Morgan fingerprint density at radius 1 is 0.900 bits per heavy atom. The molecule has 1 heteroatoms. The highest BCUT2D eigenvalue weighted by Gasteiger charge is 2.16. The van der Waals surface area contributed by atoms with E-state index in [9.17, 15) is 5.26 Å². The fourth-order valence-corrected chi connectivity index (χ4v) is 2.91. The average molecular weight is 263 g/mol. The lowest BCUT2D eigenvalue weighted by atomic mass is 9.86. The molecule has 0 aliphatic carbocycles. The minimum Gasteiger partial charge on any atom is -0.198 e. The van der Waals surface area contributed by atoms with E-state index in [2.05, 4.69) is 70.2 Å². The number of rotatable bonds is 3. The van der Waals surface area contributed by atoms with Crippen molar-refractivity contribution in [2.24, 2.45) is 0 Å². The SMILES string of the molecule is Cc1ccc(CC(C#N)c2c(C)cc(C)cc2C)cc1. The van der Waals surface area contributed by atoms with Gasteiger partial charge in [0, 0.05) is 0 Å². The number of nitriles is 1. The molecule has 2 aromatic carbocycles. The molecule has 0 radical (unpaired) electrons.